The van der Waals surface area contributed by atoms with E-state index in [0.29, 0.717) is 16.7 Å². The number of nitriles is 2. The van der Waals surface area contributed by atoms with E-state index in [-0.39, 0.29) is 20.6 Å². The van der Waals surface area contributed by atoms with Crippen molar-refractivity contribution in [2.24, 2.45) is 0 Å². The lowest BCUT2D eigenvalue weighted by atomic mass is 9.98. The first-order valence-corrected chi connectivity index (χ1v) is 6.02. The predicted molar refractivity (Wildman–Crippen MR) is 75.9 cm³/mol. The smallest absolute Gasteiger partial charge is 0.138 e. The molecule has 0 amide bonds. The highest BCUT2D eigenvalue weighted by atomic mass is 127. The summed E-state index contributed by atoms with van der Waals surface area (Å²) in [5, 5.41) is 35.8. The minimum atomic E-state index is -0.0945. The minimum Gasteiger partial charge on any atom is -0.507 e. The molecule has 5 heteroatoms. The zero-order chi connectivity index (χ0) is 13.3. The van der Waals surface area contributed by atoms with Crippen LogP contribution in [0.4, 0.5) is 0 Å². The number of benzene rings is 1. The van der Waals surface area contributed by atoms with Crippen LogP contribution in [0.15, 0.2) is 35.4 Å². The van der Waals surface area contributed by atoms with Crippen LogP contribution in [-0.2, 0) is 0 Å². The van der Waals surface area contributed by atoms with Gasteiger partial charge in [-0.05, 0) is 28.2 Å². The maximum atomic E-state index is 10.1. The van der Waals surface area contributed by atoms with Gasteiger partial charge in [-0.3, -0.25) is 5.41 Å². The van der Waals surface area contributed by atoms with Crippen LogP contribution in [0.5, 0.6) is 0 Å². The van der Waals surface area contributed by atoms with Gasteiger partial charge >= 0.3 is 0 Å². The largest absolute Gasteiger partial charge is 0.507 e. The Balaban J connectivity index is 2.89. The lowest BCUT2D eigenvalue weighted by Gasteiger charge is -2.03. The molecule has 0 unspecified atom stereocenters. The van der Waals surface area contributed by atoms with E-state index in [0.717, 1.165) is 0 Å². The number of aliphatic hydroxyl groups is 1. The number of rotatable bonds is 1. The van der Waals surface area contributed by atoms with Gasteiger partial charge in [0.05, 0.1) is 5.57 Å². The fourth-order valence-electron chi connectivity index (χ4n) is 1.91. The highest BCUT2D eigenvalue weighted by Crippen LogP contribution is 2.42. The number of aliphatic hydroxyl groups excluding tert-OH is 1. The Kier molecular flexibility index (Phi) is 3.17. The van der Waals surface area contributed by atoms with Crippen LogP contribution in [0.3, 0.4) is 0 Å². The molecular formula is C13H6IN3O. The van der Waals surface area contributed by atoms with E-state index >= 15 is 0 Å². The molecule has 18 heavy (non-hydrogen) atoms. The highest BCUT2D eigenvalue weighted by molar-refractivity contribution is 14.1. The van der Waals surface area contributed by atoms with Crippen LogP contribution in [0.2, 0.25) is 0 Å². The van der Waals surface area contributed by atoms with Crippen molar-refractivity contribution < 1.29 is 5.11 Å². The molecule has 0 radical (unpaired) electrons. The summed E-state index contributed by atoms with van der Waals surface area (Å²) in [6, 6.07) is 10.6. The first-order valence-electron chi connectivity index (χ1n) is 4.94. The SMILES string of the molecule is N#CC(C#N)=C1C(C(=N)I)=C(O)c2ccccc21. The van der Waals surface area contributed by atoms with Crippen molar-refractivity contribution >= 4 is 37.6 Å². The number of nitrogens with zero attached hydrogens (tertiary/aromatic N) is 2. The molecule has 0 aliphatic heterocycles. The van der Waals surface area contributed by atoms with Gasteiger partial charge in [0.25, 0.3) is 0 Å². The van der Waals surface area contributed by atoms with E-state index in [1.807, 2.05) is 12.1 Å². The molecule has 2 N–H and O–H groups in total. The van der Waals surface area contributed by atoms with Gasteiger partial charge < -0.3 is 5.11 Å². The van der Waals surface area contributed by atoms with Crippen LogP contribution >= 0.6 is 22.6 Å². The molecule has 86 valence electrons. The molecule has 0 saturated heterocycles. The number of hydrogen-bond donors (Lipinski definition) is 2. The molecule has 2 rings (SSSR count). The summed E-state index contributed by atoms with van der Waals surface area (Å²) in [5.41, 5.74) is 1.65. The summed E-state index contributed by atoms with van der Waals surface area (Å²) in [6.45, 7) is 0. The van der Waals surface area contributed by atoms with Crippen LogP contribution in [0.1, 0.15) is 11.1 Å². The minimum absolute atomic E-state index is 0.0528. The Bertz CT molecular complexity index is 686. The summed E-state index contributed by atoms with van der Waals surface area (Å²) in [7, 11) is 0. The summed E-state index contributed by atoms with van der Waals surface area (Å²) >= 11 is 1.75. The van der Waals surface area contributed by atoms with Crippen molar-refractivity contribution in [3.05, 3.63) is 46.5 Å². The monoisotopic (exact) mass is 347 g/mol. The summed E-state index contributed by atoms with van der Waals surface area (Å²) < 4.78 is 0.0966. The van der Waals surface area contributed by atoms with E-state index in [2.05, 4.69) is 0 Å². The molecule has 0 fully saturated rings. The molecule has 0 aromatic heterocycles. The average Bonchev–Trinajstić information content (AvgIpc) is 2.66. The third-order valence-electron chi connectivity index (χ3n) is 2.63. The van der Waals surface area contributed by atoms with Gasteiger partial charge in [-0.15, -0.1) is 0 Å². The molecule has 0 spiro atoms. The van der Waals surface area contributed by atoms with E-state index in [4.69, 9.17) is 15.9 Å². The maximum Gasteiger partial charge on any atom is 0.138 e. The van der Waals surface area contributed by atoms with Gasteiger partial charge in [-0.2, -0.15) is 10.5 Å². The Labute approximate surface area is 117 Å². The summed E-state index contributed by atoms with van der Waals surface area (Å²) in [4.78, 5) is 0. The maximum absolute atomic E-state index is 10.1. The van der Waals surface area contributed by atoms with E-state index in [1.54, 1.807) is 46.9 Å². The molecule has 1 aromatic rings. The van der Waals surface area contributed by atoms with Gasteiger partial charge in [0.2, 0.25) is 0 Å². The highest BCUT2D eigenvalue weighted by Gasteiger charge is 2.30. The summed E-state index contributed by atoms with van der Waals surface area (Å²) in [5.74, 6) is -0.0528. The van der Waals surface area contributed by atoms with Crippen molar-refractivity contribution in [1.29, 1.82) is 15.9 Å². The molecule has 4 nitrogen and oxygen atoms in total. The van der Waals surface area contributed by atoms with Gasteiger partial charge in [0.15, 0.2) is 0 Å². The molecule has 1 aromatic carbocycles. The zero-order valence-corrected chi connectivity index (χ0v) is 11.2. The molecule has 1 aliphatic carbocycles. The van der Waals surface area contributed by atoms with Crippen molar-refractivity contribution in [3.63, 3.8) is 0 Å². The van der Waals surface area contributed by atoms with E-state index in [1.165, 1.54) is 0 Å². The lowest BCUT2D eigenvalue weighted by molar-refractivity contribution is 0.512. The molecule has 0 heterocycles. The molecule has 1 aliphatic rings. The quantitative estimate of drug-likeness (QED) is 0.464. The Hall–Kier alpha value is -2.12. The average molecular weight is 347 g/mol. The Morgan fingerprint density at radius 3 is 2.22 bits per heavy atom. The van der Waals surface area contributed by atoms with Gasteiger partial charge in [-0.1, -0.05) is 24.3 Å². The fourth-order valence-corrected chi connectivity index (χ4v) is 2.43. The molecule has 0 atom stereocenters. The second-order valence-corrected chi connectivity index (χ2v) is 4.64. The Morgan fingerprint density at radius 1 is 1.17 bits per heavy atom. The first-order chi connectivity index (χ1) is 8.61. The number of hydrogen-bond acceptors (Lipinski definition) is 4. The van der Waals surface area contributed by atoms with Gasteiger partial charge in [0.1, 0.15) is 27.2 Å². The van der Waals surface area contributed by atoms with Gasteiger partial charge in [-0.25, -0.2) is 0 Å². The fraction of sp³-hybridized carbons (Fsp3) is 0. The van der Waals surface area contributed by atoms with Crippen molar-refractivity contribution in [2.75, 3.05) is 0 Å². The second-order valence-electron chi connectivity index (χ2n) is 3.56. The van der Waals surface area contributed by atoms with Crippen LogP contribution < -0.4 is 0 Å². The molecule has 0 saturated carbocycles. The van der Waals surface area contributed by atoms with Crippen LogP contribution in [-0.4, -0.2) is 8.82 Å². The number of nitrogens with one attached hydrogen (secondary N) is 1. The summed E-state index contributed by atoms with van der Waals surface area (Å²) in [6.07, 6.45) is 0. The topological polar surface area (TPSA) is 91.7 Å². The van der Waals surface area contributed by atoms with Crippen LogP contribution in [0, 0.1) is 28.1 Å². The number of halogens is 1. The van der Waals surface area contributed by atoms with Gasteiger partial charge in [0, 0.05) is 11.1 Å². The lowest BCUT2D eigenvalue weighted by Crippen LogP contribution is -1.96. The first kappa shape index (κ1) is 12.3. The normalized spacial score (nSPS) is 12.7. The van der Waals surface area contributed by atoms with Crippen molar-refractivity contribution in [2.45, 2.75) is 0 Å². The van der Waals surface area contributed by atoms with E-state index < -0.39 is 0 Å². The number of allylic oxidation sites excluding steroid dienone is 3. The van der Waals surface area contributed by atoms with Crippen LogP contribution in [0.25, 0.3) is 11.3 Å². The molecular weight excluding hydrogens is 341 g/mol. The van der Waals surface area contributed by atoms with Crippen molar-refractivity contribution in [1.82, 2.24) is 0 Å². The van der Waals surface area contributed by atoms with E-state index in [9.17, 15) is 5.11 Å². The predicted octanol–water partition coefficient (Wildman–Crippen LogP) is 3.18. The molecule has 0 bridgehead atoms. The number of fused-ring (bicyclic) bond motifs is 1. The Morgan fingerprint density at radius 2 is 1.72 bits per heavy atom. The standard InChI is InChI=1S/C13H6IN3O/c14-13(17)11-10(7(5-15)6-16)8-3-1-2-4-9(8)12(11)18/h1-4,17-18H. The zero-order valence-electron chi connectivity index (χ0n) is 9.03. The third-order valence-corrected chi connectivity index (χ3v) is 3.17. The second kappa shape index (κ2) is 4.63. The van der Waals surface area contributed by atoms with Crippen molar-refractivity contribution in [3.8, 4) is 12.1 Å². The third kappa shape index (κ3) is 1.69.